The number of thiol groups is 1. The summed E-state index contributed by atoms with van der Waals surface area (Å²) in [7, 11) is 0.544. The Hall–Kier alpha value is -1.31. The van der Waals surface area contributed by atoms with Gasteiger partial charge in [0, 0.05) is 30.4 Å². The molecule has 1 aliphatic rings. The number of fused-ring (bicyclic) bond motifs is 1. The van der Waals surface area contributed by atoms with Crippen molar-refractivity contribution < 1.29 is 9.00 Å². The first-order chi connectivity index (χ1) is 13.0. The maximum atomic E-state index is 13.0. The number of halogens is 1. The quantitative estimate of drug-likeness (QED) is 0.509. The molecule has 0 aliphatic carbocycles. The first kappa shape index (κ1) is 23.7. The molecule has 1 atom stereocenters. The number of alkyl halides is 1. The average molecular weight is 471 g/mol. The first-order valence-electron chi connectivity index (χ1n) is 8.67. The molecule has 0 radical (unpaired) electrons. The van der Waals surface area contributed by atoms with Crippen LogP contribution in [0.1, 0.15) is 29.8 Å². The van der Waals surface area contributed by atoms with E-state index in [9.17, 15) is 9.00 Å². The van der Waals surface area contributed by atoms with Crippen LogP contribution in [-0.4, -0.2) is 35.8 Å². The largest absolute Gasteiger partial charge is 0.308 e. The van der Waals surface area contributed by atoms with Crippen LogP contribution in [-0.2, 0) is 17.4 Å². The van der Waals surface area contributed by atoms with Gasteiger partial charge in [-0.1, -0.05) is 41.9 Å². The average Bonchev–Trinajstić information content (AvgIpc) is 3.12. The summed E-state index contributed by atoms with van der Waals surface area (Å²) in [6, 6.07) is 13.1. The molecule has 1 amide bonds. The molecule has 1 unspecified atom stereocenters. The third kappa shape index (κ3) is 5.59. The van der Waals surface area contributed by atoms with Gasteiger partial charge in [-0.2, -0.15) is 0 Å². The molecule has 7 heteroatoms. The van der Waals surface area contributed by atoms with Gasteiger partial charge in [-0.25, -0.2) is 4.21 Å². The standard InChI is InChI=1S/C17H18N2O2S2.C2H6.CH3Br/c1-18(23(2)21)16-6-4-3-5-14(16)17(20)19-10-9-12-11-13(22)7-8-15(12)19;2*1-2/h3-8,11,22H,9-10H2,1-2H3;1-2H3;1H3. The lowest BCUT2D eigenvalue weighted by molar-refractivity contribution is 0.0990. The van der Waals surface area contributed by atoms with E-state index in [0.717, 1.165) is 22.6 Å². The molecule has 0 saturated heterocycles. The highest BCUT2D eigenvalue weighted by molar-refractivity contribution is 9.08. The number of benzene rings is 2. The predicted octanol–water partition coefficient (Wildman–Crippen LogP) is 4.95. The molecular formula is C20H27BrN2O2S2. The highest BCUT2D eigenvalue weighted by Gasteiger charge is 2.27. The molecule has 3 rings (SSSR count). The molecule has 0 bridgehead atoms. The van der Waals surface area contributed by atoms with E-state index >= 15 is 0 Å². The third-order valence-electron chi connectivity index (χ3n) is 4.06. The summed E-state index contributed by atoms with van der Waals surface area (Å²) in [5.74, 6) is 1.75. The number of hydrogen-bond donors (Lipinski definition) is 1. The van der Waals surface area contributed by atoms with E-state index in [2.05, 4.69) is 28.6 Å². The van der Waals surface area contributed by atoms with Crippen molar-refractivity contribution in [3.8, 4) is 0 Å². The summed E-state index contributed by atoms with van der Waals surface area (Å²) < 4.78 is 13.4. The SMILES string of the molecule is CBr.CC.CN(c1ccccc1C(=O)N1CCc2cc(S)ccc21)S(C)=O. The molecule has 0 aromatic heterocycles. The van der Waals surface area contributed by atoms with Gasteiger partial charge in [0.25, 0.3) is 5.91 Å². The number of para-hydroxylation sites is 1. The summed E-state index contributed by atoms with van der Waals surface area (Å²) in [5, 5.41) is 0. The van der Waals surface area contributed by atoms with E-state index in [-0.39, 0.29) is 5.91 Å². The lowest BCUT2D eigenvalue weighted by Crippen LogP contribution is -2.31. The van der Waals surface area contributed by atoms with E-state index in [1.807, 2.05) is 56.1 Å². The van der Waals surface area contributed by atoms with E-state index in [0.29, 0.717) is 17.8 Å². The Morgan fingerprint density at radius 2 is 1.81 bits per heavy atom. The number of nitrogens with zero attached hydrogens (tertiary/aromatic N) is 2. The Balaban J connectivity index is 0.000000855. The molecular weight excluding hydrogens is 444 g/mol. The van der Waals surface area contributed by atoms with Crippen molar-refractivity contribution in [2.24, 2.45) is 0 Å². The molecule has 1 heterocycles. The monoisotopic (exact) mass is 470 g/mol. The minimum Gasteiger partial charge on any atom is -0.308 e. The highest BCUT2D eigenvalue weighted by Crippen LogP contribution is 2.32. The van der Waals surface area contributed by atoms with Crippen molar-refractivity contribution >= 4 is 56.8 Å². The Labute approximate surface area is 179 Å². The summed E-state index contributed by atoms with van der Waals surface area (Å²) in [6.45, 7) is 4.65. The van der Waals surface area contributed by atoms with Crippen LogP contribution in [0.5, 0.6) is 0 Å². The third-order valence-corrected chi connectivity index (χ3v) is 5.31. The minimum absolute atomic E-state index is 0.0661. The lowest BCUT2D eigenvalue weighted by Gasteiger charge is -2.23. The van der Waals surface area contributed by atoms with Gasteiger partial charge in [-0.05, 0) is 48.1 Å². The summed E-state index contributed by atoms with van der Waals surface area (Å²) in [4.78, 5) is 15.7. The zero-order valence-electron chi connectivity index (χ0n) is 16.4. The maximum absolute atomic E-state index is 13.0. The van der Waals surface area contributed by atoms with Crippen molar-refractivity contribution in [3.05, 3.63) is 53.6 Å². The number of carbonyl (C=O) groups excluding carboxylic acids is 1. The van der Waals surface area contributed by atoms with Gasteiger partial charge in [-0.3, -0.25) is 9.10 Å². The van der Waals surface area contributed by atoms with Crippen LogP contribution >= 0.6 is 28.6 Å². The smallest absolute Gasteiger partial charge is 0.260 e. The fraction of sp³-hybridized carbons (Fsp3) is 0.350. The highest BCUT2D eigenvalue weighted by atomic mass is 79.9. The van der Waals surface area contributed by atoms with E-state index < -0.39 is 11.0 Å². The van der Waals surface area contributed by atoms with Crippen LogP contribution in [0, 0.1) is 0 Å². The van der Waals surface area contributed by atoms with Gasteiger partial charge < -0.3 is 4.90 Å². The van der Waals surface area contributed by atoms with Gasteiger partial charge in [0.15, 0.2) is 0 Å². The number of carbonyl (C=O) groups is 1. The molecule has 27 heavy (non-hydrogen) atoms. The van der Waals surface area contributed by atoms with Gasteiger partial charge in [0.1, 0.15) is 11.0 Å². The molecule has 0 N–H and O–H groups in total. The normalized spacial score (nSPS) is 12.8. The van der Waals surface area contributed by atoms with Gasteiger partial charge in [0.05, 0.1) is 11.3 Å². The molecule has 4 nitrogen and oxygen atoms in total. The van der Waals surface area contributed by atoms with Crippen LogP contribution in [0.3, 0.4) is 0 Å². The fourth-order valence-electron chi connectivity index (χ4n) is 2.81. The van der Waals surface area contributed by atoms with Crippen LogP contribution < -0.4 is 9.21 Å². The minimum atomic E-state index is -1.19. The van der Waals surface area contributed by atoms with E-state index in [4.69, 9.17) is 0 Å². The summed E-state index contributed by atoms with van der Waals surface area (Å²) >= 11 is 7.29. The van der Waals surface area contributed by atoms with E-state index in [1.165, 1.54) is 0 Å². The number of rotatable bonds is 3. The Kier molecular flexibility index (Phi) is 10.1. The van der Waals surface area contributed by atoms with Gasteiger partial charge >= 0.3 is 0 Å². The second kappa shape index (κ2) is 11.5. The zero-order chi connectivity index (χ0) is 20.6. The second-order valence-corrected chi connectivity index (χ2v) is 7.37. The Bertz CT molecular complexity index is 799. The molecule has 2 aromatic carbocycles. The molecule has 0 spiro atoms. The molecule has 1 aliphatic heterocycles. The van der Waals surface area contributed by atoms with Crippen molar-refractivity contribution in [3.63, 3.8) is 0 Å². The Morgan fingerprint density at radius 3 is 2.44 bits per heavy atom. The van der Waals surface area contributed by atoms with Crippen molar-refractivity contribution in [2.45, 2.75) is 25.2 Å². The molecule has 0 saturated carbocycles. The Morgan fingerprint density at radius 1 is 1.19 bits per heavy atom. The van der Waals surface area contributed by atoms with E-state index in [1.54, 1.807) is 28.6 Å². The number of hydrogen-bond acceptors (Lipinski definition) is 3. The molecule has 2 aromatic rings. The van der Waals surface area contributed by atoms with Crippen molar-refractivity contribution in [1.29, 1.82) is 0 Å². The zero-order valence-corrected chi connectivity index (χ0v) is 19.7. The lowest BCUT2D eigenvalue weighted by atomic mass is 10.1. The first-order valence-corrected chi connectivity index (χ1v) is 12.2. The summed E-state index contributed by atoms with van der Waals surface area (Å²) in [6.07, 6.45) is 2.42. The number of amides is 1. The van der Waals surface area contributed by atoms with Crippen LogP contribution in [0.25, 0.3) is 0 Å². The number of anilines is 2. The van der Waals surface area contributed by atoms with Crippen LogP contribution in [0.4, 0.5) is 11.4 Å². The van der Waals surface area contributed by atoms with Crippen LogP contribution in [0.15, 0.2) is 47.4 Å². The molecule has 148 valence electrons. The van der Waals surface area contributed by atoms with Gasteiger partial charge in [0.2, 0.25) is 0 Å². The fourth-order valence-corrected chi connectivity index (χ4v) is 3.48. The second-order valence-electron chi connectivity index (χ2n) is 5.46. The predicted molar refractivity (Wildman–Crippen MR) is 124 cm³/mol. The summed E-state index contributed by atoms with van der Waals surface area (Å²) in [5.41, 5.74) is 3.31. The molecule has 0 fully saturated rings. The van der Waals surface area contributed by atoms with Gasteiger partial charge in [-0.15, -0.1) is 12.6 Å². The maximum Gasteiger partial charge on any atom is 0.260 e. The topological polar surface area (TPSA) is 40.6 Å². The van der Waals surface area contributed by atoms with Crippen molar-refractivity contribution in [2.75, 3.05) is 34.9 Å². The van der Waals surface area contributed by atoms with Crippen LogP contribution in [0.2, 0.25) is 0 Å². The van der Waals surface area contributed by atoms with Crippen molar-refractivity contribution in [1.82, 2.24) is 0 Å².